The van der Waals surface area contributed by atoms with E-state index >= 15 is 0 Å². The van der Waals surface area contributed by atoms with Crippen molar-refractivity contribution in [3.8, 4) is 5.75 Å². The van der Waals surface area contributed by atoms with E-state index in [2.05, 4.69) is 11.1 Å². The first kappa shape index (κ1) is 12.2. The Morgan fingerprint density at radius 3 is 2.81 bits per heavy atom. The second-order valence-electron chi connectivity index (χ2n) is 5.96. The number of carbonyl (C=O) groups is 1. The molecule has 1 aliphatic heterocycles. The minimum Gasteiger partial charge on any atom is -0.482 e. The molecule has 2 heterocycles. The van der Waals surface area contributed by atoms with Gasteiger partial charge in [0, 0.05) is 21.9 Å². The Balaban J connectivity index is 2.16. The number of para-hydroxylation sites is 1. The van der Waals surface area contributed by atoms with E-state index in [0.717, 1.165) is 33.7 Å². The van der Waals surface area contributed by atoms with E-state index in [4.69, 9.17) is 4.74 Å². The van der Waals surface area contributed by atoms with Gasteiger partial charge in [0.25, 0.3) is 0 Å². The molecule has 0 radical (unpaired) electrons. The highest BCUT2D eigenvalue weighted by atomic mass is 16.5. The summed E-state index contributed by atoms with van der Waals surface area (Å²) >= 11 is 0. The molecule has 1 N–H and O–H groups in total. The monoisotopic (exact) mass is 277 g/mol. The summed E-state index contributed by atoms with van der Waals surface area (Å²) in [7, 11) is 0. The van der Waals surface area contributed by atoms with Crippen molar-refractivity contribution >= 4 is 34.2 Å². The van der Waals surface area contributed by atoms with Crippen molar-refractivity contribution < 1.29 is 9.53 Å². The first-order valence-corrected chi connectivity index (χ1v) is 7.00. The maximum Gasteiger partial charge on any atom is 0.153 e. The van der Waals surface area contributed by atoms with Crippen LogP contribution in [0.1, 0.15) is 29.8 Å². The van der Waals surface area contributed by atoms with E-state index in [-0.39, 0.29) is 0 Å². The predicted octanol–water partition coefficient (Wildman–Crippen LogP) is 4.32. The van der Waals surface area contributed by atoms with Gasteiger partial charge in [-0.05, 0) is 38.1 Å². The fourth-order valence-corrected chi connectivity index (χ4v) is 2.96. The Hall–Kier alpha value is -2.55. The van der Waals surface area contributed by atoms with Gasteiger partial charge in [0.15, 0.2) is 6.29 Å². The van der Waals surface area contributed by atoms with E-state index in [1.165, 1.54) is 0 Å². The molecule has 0 atom stereocenters. The van der Waals surface area contributed by atoms with Gasteiger partial charge in [0.05, 0.1) is 11.1 Å². The molecule has 2 aromatic carbocycles. The molecule has 3 nitrogen and oxygen atoms in total. The van der Waals surface area contributed by atoms with Crippen LogP contribution in [0.5, 0.6) is 5.75 Å². The molecule has 0 bridgehead atoms. The van der Waals surface area contributed by atoms with Gasteiger partial charge in [0.1, 0.15) is 11.4 Å². The van der Waals surface area contributed by atoms with Crippen molar-refractivity contribution in [3.05, 3.63) is 47.5 Å². The Labute approximate surface area is 122 Å². The third kappa shape index (κ3) is 1.70. The van der Waals surface area contributed by atoms with Gasteiger partial charge in [0.2, 0.25) is 0 Å². The van der Waals surface area contributed by atoms with Crippen LogP contribution in [0.4, 0.5) is 0 Å². The van der Waals surface area contributed by atoms with Crippen LogP contribution in [-0.4, -0.2) is 16.9 Å². The van der Waals surface area contributed by atoms with Crippen LogP contribution in [0.2, 0.25) is 0 Å². The quantitative estimate of drug-likeness (QED) is 0.673. The van der Waals surface area contributed by atoms with Gasteiger partial charge >= 0.3 is 0 Å². The smallest absolute Gasteiger partial charge is 0.153 e. The summed E-state index contributed by atoms with van der Waals surface area (Å²) in [5.74, 6) is 0.663. The lowest BCUT2D eigenvalue weighted by Crippen LogP contribution is -2.28. The number of aromatic nitrogens is 1. The minimum absolute atomic E-state index is 0.398. The number of H-pyrrole nitrogens is 1. The van der Waals surface area contributed by atoms with Crippen LogP contribution in [0, 0.1) is 0 Å². The highest BCUT2D eigenvalue weighted by Crippen LogP contribution is 2.40. The van der Waals surface area contributed by atoms with Crippen molar-refractivity contribution in [2.75, 3.05) is 0 Å². The second kappa shape index (κ2) is 3.98. The average Bonchev–Trinajstić information content (AvgIpc) is 2.83. The van der Waals surface area contributed by atoms with E-state index in [0.29, 0.717) is 11.3 Å². The van der Waals surface area contributed by atoms with Crippen molar-refractivity contribution in [2.45, 2.75) is 19.4 Å². The van der Waals surface area contributed by atoms with Crippen LogP contribution in [-0.2, 0) is 0 Å². The molecule has 0 fully saturated rings. The number of benzene rings is 2. The molecule has 21 heavy (non-hydrogen) atoms. The molecule has 104 valence electrons. The average molecular weight is 277 g/mol. The summed E-state index contributed by atoms with van der Waals surface area (Å²) in [6.45, 7) is 3.97. The Morgan fingerprint density at radius 2 is 2.00 bits per heavy atom. The van der Waals surface area contributed by atoms with Crippen molar-refractivity contribution in [3.63, 3.8) is 0 Å². The molecule has 3 aromatic rings. The molecule has 0 spiro atoms. The fourth-order valence-electron chi connectivity index (χ4n) is 2.96. The van der Waals surface area contributed by atoms with Gasteiger partial charge in [-0.3, -0.25) is 4.79 Å². The number of fused-ring (bicyclic) bond motifs is 5. The third-order valence-electron chi connectivity index (χ3n) is 3.97. The molecular formula is C18H15NO2. The van der Waals surface area contributed by atoms with Crippen LogP contribution in [0.3, 0.4) is 0 Å². The van der Waals surface area contributed by atoms with Crippen LogP contribution >= 0.6 is 0 Å². The topological polar surface area (TPSA) is 42.1 Å². The highest BCUT2D eigenvalue weighted by Gasteiger charge is 2.26. The largest absolute Gasteiger partial charge is 0.482 e. The zero-order valence-corrected chi connectivity index (χ0v) is 11.9. The van der Waals surface area contributed by atoms with Crippen molar-refractivity contribution in [1.29, 1.82) is 0 Å². The standard InChI is InChI=1S/C18H15NO2/c1-18(2)8-7-13-16-14(9-11(10-20)17(13)21-18)12-5-3-4-6-15(12)19-16/h3-10,19H,1-2H3. The number of carbonyl (C=O) groups excluding carboxylic acids is 1. The Kier molecular flexibility index (Phi) is 2.31. The first-order valence-electron chi connectivity index (χ1n) is 7.00. The SMILES string of the molecule is CC1(C)C=Cc2c(c(C=O)cc3c2[nH]c2ccccc23)O1. The number of hydrogen-bond acceptors (Lipinski definition) is 2. The maximum absolute atomic E-state index is 11.5. The van der Waals surface area contributed by atoms with Gasteiger partial charge in [-0.2, -0.15) is 0 Å². The van der Waals surface area contributed by atoms with Gasteiger partial charge in [-0.15, -0.1) is 0 Å². The van der Waals surface area contributed by atoms with Gasteiger partial charge in [-0.25, -0.2) is 0 Å². The molecule has 0 saturated heterocycles. The number of aldehydes is 1. The fraction of sp³-hybridized carbons (Fsp3) is 0.167. The van der Waals surface area contributed by atoms with Crippen molar-refractivity contribution in [1.82, 2.24) is 4.98 Å². The van der Waals surface area contributed by atoms with E-state index < -0.39 is 5.60 Å². The third-order valence-corrected chi connectivity index (χ3v) is 3.97. The highest BCUT2D eigenvalue weighted by molar-refractivity contribution is 6.12. The molecule has 0 aliphatic carbocycles. The van der Waals surface area contributed by atoms with Crippen LogP contribution in [0.25, 0.3) is 27.9 Å². The molecule has 0 amide bonds. The van der Waals surface area contributed by atoms with Crippen molar-refractivity contribution in [2.24, 2.45) is 0 Å². The van der Waals surface area contributed by atoms with Crippen LogP contribution < -0.4 is 4.74 Å². The van der Waals surface area contributed by atoms with Gasteiger partial charge < -0.3 is 9.72 Å². The summed E-state index contributed by atoms with van der Waals surface area (Å²) in [4.78, 5) is 14.9. The number of hydrogen-bond donors (Lipinski definition) is 1. The zero-order chi connectivity index (χ0) is 14.6. The molecule has 1 aliphatic rings. The number of ether oxygens (including phenoxy) is 1. The molecule has 0 unspecified atom stereocenters. The number of aromatic amines is 1. The van der Waals surface area contributed by atoms with E-state index in [1.807, 2.05) is 50.3 Å². The lowest BCUT2D eigenvalue weighted by Gasteiger charge is -2.29. The molecule has 3 heteroatoms. The van der Waals surface area contributed by atoms with Gasteiger partial charge in [-0.1, -0.05) is 18.2 Å². The Morgan fingerprint density at radius 1 is 1.19 bits per heavy atom. The molecule has 0 saturated carbocycles. The predicted molar refractivity (Wildman–Crippen MR) is 84.9 cm³/mol. The zero-order valence-electron chi connectivity index (χ0n) is 11.9. The van der Waals surface area contributed by atoms with E-state index in [1.54, 1.807) is 0 Å². The summed E-state index contributed by atoms with van der Waals surface area (Å²) in [6, 6.07) is 10.0. The van der Waals surface area contributed by atoms with Crippen LogP contribution in [0.15, 0.2) is 36.4 Å². The summed E-state index contributed by atoms with van der Waals surface area (Å²) < 4.78 is 6.01. The molecule has 1 aromatic heterocycles. The maximum atomic E-state index is 11.5. The molecule has 4 rings (SSSR count). The lowest BCUT2D eigenvalue weighted by molar-refractivity contribution is 0.110. The summed E-state index contributed by atoms with van der Waals surface area (Å²) in [5.41, 5.74) is 3.23. The number of rotatable bonds is 1. The normalized spacial score (nSPS) is 15.9. The first-order chi connectivity index (χ1) is 10.1. The second-order valence-corrected chi connectivity index (χ2v) is 5.96. The number of nitrogens with one attached hydrogen (secondary N) is 1. The lowest BCUT2D eigenvalue weighted by atomic mass is 9.97. The summed E-state index contributed by atoms with van der Waals surface area (Å²) in [5, 5.41) is 2.18. The van der Waals surface area contributed by atoms with E-state index in [9.17, 15) is 4.79 Å². The minimum atomic E-state index is -0.398. The Bertz CT molecular complexity index is 916. The molecular weight excluding hydrogens is 262 g/mol. The summed E-state index contributed by atoms with van der Waals surface area (Å²) in [6.07, 6.45) is 4.94.